The van der Waals surface area contributed by atoms with Crippen LogP contribution in [0.2, 0.25) is 0 Å². The van der Waals surface area contributed by atoms with Crippen molar-refractivity contribution < 1.29 is 0 Å². The van der Waals surface area contributed by atoms with E-state index < -0.39 is 0 Å². The summed E-state index contributed by atoms with van der Waals surface area (Å²) in [6.45, 7) is 6.89. The largest absolute Gasteiger partial charge is 0.128 e. The van der Waals surface area contributed by atoms with Crippen molar-refractivity contribution >= 4 is 11.8 Å². The molecule has 0 aromatic heterocycles. The summed E-state index contributed by atoms with van der Waals surface area (Å²) in [7, 11) is 0. The van der Waals surface area contributed by atoms with Crippen LogP contribution in [0.3, 0.4) is 0 Å². The summed E-state index contributed by atoms with van der Waals surface area (Å²) in [5, 5.41) is 0.686. The van der Waals surface area contributed by atoms with Gasteiger partial charge in [-0.2, -0.15) is 0 Å². The first-order valence-electron chi connectivity index (χ1n) is 9.62. The molecule has 0 aliphatic heterocycles. The summed E-state index contributed by atoms with van der Waals surface area (Å²) in [6.07, 6.45) is 15.9. The van der Waals surface area contributed by atoms with Gasteiger partial charge < -0.3 is 0 Å². The molecule has 0 aliphatic carbocycles. The van der Waals surface area contributed by atoms with Gasteiger partial charge in [0.25, 0.3) is 0 Å². The van der Waals surface area contributed by atoms with E-state index in [1.165, 1.54) is 69.8 Å². The first kappa shape index (κ1) is 20.4. The SMILES string of the molecule is CCCCCCCCC/C=C(/CCc1ccccc1)SC(C)C. The highest BCUT2D eigenvalue weighted by molar-refractivity contribution is 8.03. The van der Waals surface area contributed by atoms with Crippen molar-refractivity contribution in [2.24, 2.45) is 0 Å². The summed E-state index contributed by atoms with van der Waals surface area (Å²) in [5.74, 6) is 0. The molecule has 0 aliphatic rings. The van der Waals surface area contributed by atoms with Crippen LogP contribution in [0.4, 0.5) is 0 Å². The molecule has 0 spiro atoms. The van der Waals surface area contributed by atoms with Crippen molar-refractivity contribution in [3.63, 3.8) is 0 Å². The number of aryl methyl sites for hydroxylation is 1. The van der Waals surface area contributed by atoms with Crippen molar-refractivity contribution in [2.45, 2.75) is 90.2 Å². The Morgan fingerprint density at radius 1 is 0.957 bits per heavy atom. The number of allylic oxidation sites excluding steroid dienone is 2. The van der Waals surface area contributed by atoms with E-state index in [4.69, 9.17) is 0 Å². The van der Waals surface area contributed by atoms with Gasteiger partial charge in [0.05, 0.1) is 0 Å². The van der Waals surface area contributed by atoms with Gasteiger partial charge in [-0.05, 0) is 36.2 Å². The van der Waals surface area contributed by atoms with Crippen LogP contribution < -0.4 is 0 Å². The molecule has 1 aromatic carbocycles. The fraction of sp³-hybridized carbons (Fsp3) is 0.636. The first-order valence-corrected chi connectivity index (χ1v) is 10.5. The zero-order valence-corrected chi connectivity index (χ0v) is 16.3. The molecule has 0 heterocycles. The van der Waals surface area contributed by atoms with Crippen LogP contribution in [0.1, 0.15) is 84.1 Å². The summed E-state index contributed by atoms with van der Waals surface area (Å²) in [6, 6.07) is 10.9. The zero-order valence-electron chi connectivity index (χ0n) is 15.5. The van der Waals surface area contributed by atoms with E-state index in [0.717, 1.165) is 0 Å². The van der Waals surface area contributed by atoms with Gasteiger partial charge in [-0.15, -0.1) is 11.8 Å². The lowest BCUT2D eigenvalue weighted by Gasteiger charge is -2.10. The standard InChI is InChI=1S/C22H36S/c1-4-5-6-7-8-9-10-14-17-22(23-20(2)3)19-18-21-15-12-11-13-16-21/h11-13,15-17,20H,4-10,14,18-19H2,1-3H3/b22-17-. The smallest absolute Gasteiger partial charge is 0.00344 e. The first-order chi connectivity index (χ1) is 11.2. The second-order valence-electron chi connectivity index (χ2n) is 6.73. The van der Waals surface area contributed by atoms with Crippen LogP contribution >= 0.6 is 11.8 Å². The Balaban J connectivity index is 2.26. The van der Waals surface area contributed by atoms with Crippen molar-refractivity contribution in [2.75, 3.05) is 0 Å². The van der Waals surface area contributed by atoms with E-state index in [1.807, 2.05) is 0 Å². The quantitative estimate of drug-likeness (QED) is 0.332. The number of thioether (sulfide) groups is 1. The van der Waals surface area contributed by atoms with Gasteiger partial charge in [-0.1, -0.05) is 95.7 Å². The molecule has 0 radical (unpaired) electrons. The molecule has 0 N–H and O–H groups in total. The second-order valence-corrected chi connectivity index (χ2v) is 8.44. The Morgan fingerprint density at radius 2 is 1.61 bits per heavy atom. The van der Waals surface area contributed by atoms with E-state index in [1.54, 1.807) is 4.91 Å². The predicted molar refractivity (Wildman–Crippen MR) is 108 cm³/mol. The molecule has 130 valence electrons. The Hall–Kier alpha value is -0.690. The highest BCUT2D eigenvalue weighted by Crippen LogP contribution is 2.27. The van der Waals surface area contributed by atoms with E-state index in [2.05, 4.69) is 68.9 Å². The Kier molecular flexibility index (Phi) is 12.1. The summed E-state index contributed by atoms with van der Waals surface area (Å²) >= 11 is 2.05. The van der Waals surface area contributed by atoms with Crippen LogP contribution in [0, 0.1) is 0 Å². The minimum atomic E-state index is 0.686. The van der Waals surface area contributed by atoms with Gasteiger partial charge >= 0.3 is 0 Å². The lowest BCUT2D eigenvalue weighted by molar-refractivity contribution is 0.592. The molecular formula is C22H36S. The highest BCUT2D eigenvalue weighted by atomic mass is 32.2. The topological polar surface area (TPSA) is 0 Å². The number of rotatable bonds is 13. The van der Waals surface area contributed by atoms with Crippen LogP contribution in [-0.2, 0) is 6.42 Å². The van der Waals surface area contributed by atoms with Crippen molar-refractivity contribution in [1.82, 2.24) is 0 Å². The van der Waals surface area contributed by atoms with Gasteiger partial charge in [0.2, 0.25) is 0 Å². The summed E-state index contributed by atoms with van der Waals surface area (Å²) in [5.41, 5.74) is 1.46. The van der Waals surface area contributed by atoms with E-state index in [-0.39, 0.29) is 0 Å². The van der Waals surface area contributed by atoms with Crippen LogP contribution in [0.5, 0.6) is 0 Å². The van der Waals surface area contributed by atoms with Crippen LogP contribution in [0.15, 0.2) is 41.3 Å². The molecule has 0 fully saturated rings. The van der Waals surface area contributed by atoms with E-state index >= 15 is 0 Å². The predicted octanol–water partition coefficient (Wildman–Crippen LogP) is 7.79. The third-order valence-corrected chi connectivity index (χ3v) is 5.21. The average Bonchev–Trinajstić information content (AvgIpc) is 2.55. The van der Waals surface area contributed by atoms with Gasteiger partial charge in [0.15, 0.2) is 0 Å². The average molecular weight is 333 g/mol. The molecule has 1 aromatic rings. The maximum absolute atomic E-state index is 2.51. The second kappa shape index (κ2) is 13.7. The van der Waals surface area contributed by atoms with Gasteiger partial charge in [0.1, 0.15) is 0 Å². The fourth-order valence-corrected chi connectivity index (χ4v) is 3.83. The molecule has 1 heteroatoms. The Morgan fingerprint density at radius 3 is 2.26 bits per heavy atom. The lowest BCUT2D eigenvalue weighted by atomic mass is 10.1. The molecule has 0 unspecified atom stereocenters. The van der Waals surface area contributed by atoms with Crippen molar-refractivity contribution in [1.29, 1.82) is 0 Å². The van der Waals surface area contributed by atoms with Gasteiger partial charge in [-0.3, -0.25) is 0 Å². The zero-order chi connectivity index (χ0) is 16.8. The molecule has 0 saturated heterocycles. The molecule has 1 rings (SSSR count). The Labute approximate surface area is 149 Å². The number of unbranched alkanes of at least 4 members (excludes halogenated alkanes) is 7. The number of benzene rings is 1. The van der Waals surface area contributed by atoms with E-state index in [0.29, 0.717) is 5.25 Å². The van der Waals surface area contributed by atoms with Crippen LogP contribution in [0.25, 0.3) is 0 Å². The highest BCUT2D eigenvalue weighted by Gasteiger charge is 2.03. The Bertz CT molecular complexity index is 405. The monoisotopic (exact) mass is 332 g/mol. The molecule has 0 saturated carbocycles. The molecule has 0 atom stereocenters. The molecule has 0 nitrogen and oxygen atoms in total. The third kappa shape index (κ3) is 11.5. The van der Waals surface area contributed by atoms with Crippen LogP contribution in [-0.4, -0.2) is 5.25 Å². The minimum Gasteiger partial charge on any atom is -0.128 e. The van der Waals surface area contributed by atoms with Crippen molar-refractivity contribution in [3.05, 3.63) is 46.9 Å². The molecular weight excluding hydrogens is 296 g/mol. The maximum atomic E-state index is 2.51. The minimum absolute atomic E-state index is 0.686. The van der Waals surface area contributed by atoms with E-state index in [9.17, 15) is 0 Å². The normalized spacial score (nSPS) is 12.1. The fourth-order valence-electron chi connectivity index (χ4n) is 2.79. The van der Waals surface area contributed by atoms with Crippen molar-refractivity contribution in [3.8, 4) is 0 Å². The van der Waals surface area contributed by atoms with Gasteiger partial charge in [0, 0.05) is 5.25 Å². The number of hydrogen-bond acceptors (Lipinski definition) is 1. The molecule has 23 heavy (non-hydrogen) atoms. The summed E-state index contributed by atoms with van der Waals surface area (Å²) in [4.78, 5) is 1.59. The maximum Gasteiger partial charge on any atom is 0.00344 e. The summed E-state index contributed by atoms with van der Waals surface area (Å²) < 4.78 is 0. The number of hydrogen-bond donors (Lipinski definition) is 0. The molecule has 0 amide bonds. The third-order valence-electron chi connectivity index (χ3n) is 4.07. The van der Waals surface area contributed by atoms with Gasteiger partial charge in [-0.25, -0.2) is 0 Å². The lowest BCUT2D eigenvalue weighted by Crippen LogP contribution is -1.92. The molecule has 0 bridgehead atoms.